The maximum atomic E-state index is 11.5. The van der Waals surface area contributed by atoms with Crippen LogP contribution in [0, 0.1) is 0 Å². The molecular formula is C27H25ClN6O3. The first-order chi connectivity index (χ1) is 18.0. The van der Waals surface area contributed by atoms with Gasteiger partial charge in [0.05, 0.1) is 22.3 Å². The summed E-state index contributed by atoms with van der Waals surface area (Å²) in [4.78, 5) is 16.2. The molecule has 2 aliphatic heterocycles. The highest BCUT2D eigenvalue weighted by Crippen LogP contribution is 2.40. The van der Waals surface area contributed by atoms with Gasteiger partial charge in [0, 0.05) is 30.9 Å². The number of anilines is 2. The summed E-state index contributed by atoms with van der Waals surface area (Å²) >= 11 is 6.85. The first-order valence-electron chi connectivity index (χ1n) is 12.0. The maximum Gasteiger partial charge on any atom is 0.220 e. The SMILES string of the molecule is Cn1nc(Nc2cccc(-c3ccc4c(c3)OCCO4)c2Cl)c2ncc(C=C(N)C3CCC(=O)N3)cc21. The Morgan fingerprint density at radius 1 is 1.22 bits per heavy atom. The lowest BCUT2D eigenvalue weighted by Crippen LogP contribution is -2.30. The number of aryl methyl sites for hydroxylation is 1. The van der Waals surface area contributed by atoms with Gasteiger partial charge in [-0.05, 0) is 47.9 Å². The molecule has 188 valence electrons. The molecule has 2 aliphatic rings. The molecular weight excluding hydrogens is 492 g/mol. The van der Waals surface area contributed by atoms with Crippen molar-refractivity contribution in [3.8, 4) is 22.6 Å². The smallest absolute Gasteiger partial charge is 0.220 e. The standard InChI is InChI=1S/C27H25ClN6O3/c1-34-21-12-15(11-18(29)19-6-8-24(35)31-19)14-30-26(21)27(33-34)32-20-4-2-3-17(25(20)28)16-5-7-22-23(13-16)37-10-9-36-22/h2-5,7,11-14,19H,6,8-10,29H2,1H3,(H,31,35)(H,32,33). The summed E-state index contributed by atoms with van der Waals surface area (Å²) in [6.07, 6.45) is 4.77. The quantitative estimate of drug-likeness (QED) is 0.360. The lowest BCUT2D eigenvalue weighted by molar-refractivity contribution is -0.119. The predicted molar refractivity (Wildman–Crippen MR) is 143 cm³/mol. The first kappa shape index (κ1) is 23.2. The van der Waals surface area contributed by atoms with E-state index in [1.165, 1.54) is 0 Å². The van der Waals surface area contributed by atoms with Gasteiger partial charge >= 0.3 is 0 Å². The predicted octanol–water partition coefficient (Wildman–Crippen LogP) is 4.38. The van der Waals surface area contributed by atoms with Crippen LogP contribution < -0.4 is 25.8 Å². The molecule has 1 amide bonds. The number of hydrogen-bond donors (Lipinski definition) is 3. The fourth-order valence-electron chi connectivity index (χ4n) is 4.66. The number of halogens is 1. The van der Waals surface area contributed by atoms with E-state index in [1.807, 2.05) is 55.6 Å². The minimum atomic E-state index is -0.143. The number of nitrogens with zero attached hydrogens (tertiary/aromatic N) is 3. The normalized spacial score (nSPS) is 17.2. The van der Waals surface area contributed by atoms with E-state index in [9.17, 15) is 4.79 Å². The van der Waals surface area contributed by atoms with Crippen LogP contribution >= 0.6 is 11.6 Å². The summed E-state index contributed by atoms with van der Waals surface area (Å²) in [7, 11) is 1.86. The van der Waals surface area contributed by atoms with Crippen molar-refractivity contribution in [1.29, 1.82) is 0 Å². The van der Waals surface area contributed by atoms with E-state index in [0.29, 0.717) is 59.5 Å². The van der Waals surface area contributed by atoms with Crippen LogP contribution in [0.3, 0.4) is 0 Å². The van der Waals surface area contributed by atoms with E-state index in [1.54, 1.807) is 10.9 Å². The molecule has 1 unspecified atom stereocenters. The van der Waals surface area contributed by atoms with Crippen LogP contribution in [0.4, 0.5) is 11.5 Å². The van der Waals surface area contributed by atoms with Crippen LogP contribution in [-0.2, 0) is 11.8 Å². The zero-order chi connectivity index (χ0) is 25.5. The van der Waals surface area contributed by atoms with E-state index in [2.05, 4.69) is 20.7 Å². The lowest BCUT2D eigenvalue weighted by atomic mass is 10.0. The fourth-order valence-corrected chi connectivity index (χ4v) is 4.94. The molecule has 2 aromatic heterocycles. The number of nitrogens with two attached hydrogens (primary N) is 1. The zero-order valence-electron chi connectivity index (χ0n) is 20.1. The van der Waals surface area contributed by atoms with Gasteiger partial charge in [-0.15, -0.1) is 0 Å². The van der Waals surface area contributed by atoms with Crippen molar-refractivity contribution in [1.82, 2.24) is 20.1 Å². The molecule has 1 fully saturated rings. The summed E-state index contributed by atoms with van der Waals surface area (Å²) in [5, 5.41) is 11.4. The molecule has 0 aliphatic carbocycles. The summed E-state index contributed by atoms with van der Waals surface area (Å²) in [5.41, 5.74) is 11.7. The Kier molecular flexibility index (Phi) is 5.84. The van der Waals surface area contributed by atoms with Gasteiger partial charge < -0.3 is 25.8 Å². The van der Waals surface area contributed by atoms with Crippen molar-refractivity contribution in [2.24, 2.45) is 12.8 Å². The third-order valence-corrected chi connectivity index (χ3v) is 6.95. The molecule has 1 saturated heterocycles. The monoisotopic (exact) mass is 516 g/mol. The van der Waals surface area contributed by atoms with Crippen LogP contribution in [0.15, 0.2) is 54.4 Å². The van der Waals surface area contributed by atoms with Crippen molar-refractivity contribution >= 4 is 46.1 Å². The molecule has 0 radical (unpaired) electrons. The number of nitrogens with one attached hydrogen (secondary N) is 2. The molecule has 4 heterocycles. The number of hydrogen-bond acceptors (Lipinski definition) is 7. The largest absolute Gasteiger partial charge is 0.486 e. The summed E-state index contributed by atoms with van der Waals surface area (Å²) < 4.78 is 13.1. The summed E-state index contributed by atoms with van der Waals surface area (Å²) in [6.45, 7) is 1.06. The molecule has 37 heavy (non-hydrogen) atoms. The number of aromatic nitrogens is 3. The molecule has 9 nitrogen and oxygen atoms in total. The lowest BCUT2D eigenvalue weighted by Gasteiger charge is -2.19. The number of ether oxygens (including phenoxy) is 2. The minimum absolute atomic E-state index is 0.0222. The van der Waals surface area contributed by atoms with Crippen LogP contribution in [0.5, 0.6) is 11.5 Å². The number of amides is 1. The summed E-state index contributed by atoms with van der Waals surface area (Å²) in [5.74, 6) is 2.05. The Morgan fingerprint density at radius 2 is 2.05 bits per heavy atom. The maximum absolute atomic E-state index is 11.5. The van der Waals surface area contributed by atoms with Crippen LogP contribution in [-0.4, -0.2) is 39.9 Å². The fraction of sp³-hybridized carbons (Fsp3) is 0.222. The molecule has 1 atom stereocenters. The second kappa shape index (κ2) is 9.33. The average Bonchev–Trinajstić information content (AvgIpc) is 3.48. The van der Waals surface area contributed by atoms with Gasteiger partial charge in [-0.2, -0.15) is 5.10 Å². The number of pyridine rings is 1. The molecule has 0 spiro atoms. The van der Waals surface area contributed by atoms with Gasteiger partial charge in [-0.1, -0.05) is 29.8 Å². The second-order valence-corrected chi connectivity index (χ2v) is 9.44. The highest BCUT2D eigenvalue weighted by molar-refractivity contribution is 6.36. The van der Waals surface area contributed by atoms with Crippen molar-refractivity contribution < 1.29 is 14.3 Å². The second-order valence-electron chi connectivity index (χ2n) is 9.06. The number of carbonyl (C=O) groups excluding carboxylic acids is 1. The minimum Gasteiger partial charge on any atom is -0.486 e. The van der Waals surface area contributed by atoms with Crippen LogP contribution in [0.25, 0.3) is 28.2 Å². The third-order valence-electron chi connectivity index (χ3n) is 6.55. The highest BCUT2D eigenvalue weighted by Gasteiger charge is 2.23. The van der Waals surface area contributed by atoms with Crippen molar-refractivity contribution in [2.75, 3.05) is 18.5 Å². The van der Waals surface area contributed by atoms with E-state index in [0.717, 1.165) is 28.0 Å². The molecule has 0 saturated carbocycles. The van der Waals surface area contributed by atoms with Gasteiger partial charge in [-0.25, -0.2) is 0 Å². The highest BCUT2D eigenvalue weighted by atomic mass is 35.5. The average molecular weight is 517 g/mol. The molecule has 10 heteroatoms. The Hall–Kier alpha value is -4.24. The first-order valence-corrected chi connectivity index (χ1v) is 12.4. The molecule has 4 N–H and O–H groups in total. The summed E-state index contributed by atoms with van der Waals surface area (Å²) in [6, 6.07) is 13.4. The molecule has 0 bridgehead atoms. The van der Waals surface area contributed by atoms with Gasteiger partial charge in [0.25, 0.3) is 0 Å². The Labute approximate surface area is 218 Å². The Balaban J connectivity index is 1.29. The van der Waals surface area contributed by atoms with E-state index in [4.69, 9.17) is 26.8 Å². The molecule has 6 rings (SSSR count). The van der Waals surface area contributed by atoms with Gasteiger partial charge in [-0.3, -0.25) is 14.5 Å². The van der Waals surface area contributed by atoms with Gasteiger partial charge in [0.2, 0.25) is 5.91 Å². The third kappa shape index (κ3) is 4.42. The van der Waals surface area contributed by atoms with E-state index < -0.39 is 0 Å². The van der Waals surface area contributed by atoms with Crippen molar-refractivity contribution in [3.63, 3.8) is 0 Å². The number of fused-ring (bicyclic) bond motifs is 2. The van der Waals surface area contributed by atoms with Crippen LogP contribution in [0.2, 0.25) is 5.02 Å². The van der Waals surface area contributed by atoms with Gasteiger partial charge in [0.1, 0.15) is 18.7 Å². The Morgan fingerprint density at radius 3 is 2.86 bits per heavy atom. The zero-order valence-corrected chi connectivity index (χ0v) is 20.9. The number of rotatable bonds is 5. The number of carbonyl (C=O) groups is 1. The van der Waals surface area contributed by atoms with Crippen molar-refractivity contribution in [3.05, 3.63) is 64.9 Å². The van der Waals surface area contributed by atoms with E-state index in [-0.39, 0.29) is 11.9 Å². The number of benzene rings is 2. The van der Waals surface area contributed by atoms with Crippen LogP contribution in [0.1, 0.15) is 18.4 Å². The van der Waals surface area contributed by atoms with Gasteiger partial charge in [0.15, 0.2) is 17.3 Å². The van der Waals surface area contributed by atoms with Crippen molar-refractivity contribution in [2.45, 2.75) is 18.9 Å². The molecule has 4 aromatic rings. The van der Waals surface area contributed by atoms with E-state index >= 15 is 0 Å². The topological polar surface area (TPSA) is 116 Å². The Bertz CT molecular complexity index is 1560. The molecule has 2 aromatic carbocycles.